The smallest absolute Gasteiger partial charge is 0.262 e. The number of rotatable bonds is 6. The molecule has 0 saturated carbocycles. The van der Waals surface area contributed by atoms with Gasteiger partial charge in [0, 0.05) is 6.54 Å². The highest BCUT2D eigenvalue weighted by atomic mass is 16.5. The molecule has 0 saturated heterocycles. The maximum Gasteiger partial charge on any atom is 0.262 e. The van der Waals surface area contributed by atoms with Gasteiger partial charge in [-0.1, -0.05) is 12.1 Å². The van der Waals surface area contributed by atoms with Gasteiger partial charge >= 0.3 is 0 Å². The van der Waals surface area contributed by atoms with Crippen molar-refractivity contribution in [3.63, 3.8) is 0 Å². The van der Waals surface area contributed by atoms with Crippen LogP contribution in [-0.4, -0.2) is 49.6 Å². The van der Waals surface area contributed by atoms with Crippen molar-refractivity contribution >= 4 is 11.8 Å². The molecule has 2 aromatic rings. The average Bonchev–Trinajstić information content (AvgIpc) is 2.88. The molecule has 6 nitrogen and oxygen atoms in total. The Bertz CT molecular complexity index is 828. The summed E-state index contributed by atoms with van der Waals surface area (Å²) in [6.45, 7) is 2.78. The summed E-state index contributed by atoms with van der Waals surface area (Å²) in [5, 5.41) is 0. The van der Waals surface area contributed by atoms with Gasteiger partial charge in [-0.15, -0.1) is 0 Å². The third-order valence-corrected chi connectivity index (χ3v) is 4.54. The quantitative estimate of drug-likeness (QED) is 0.747. The Kier molecular flexibility index (Phi) is 4.95. The van der Waals surface area contributed by atoms with E-state index < -0.39 is 0 Å². The van der Waals surface area contributed by atoms with Gasteiger partial charge in [-0.3, -0.25) is 19.4 Å². The van der Waals surface area contributed by atoms with Gasteiger partial charge in [0.15, 0.2) is 11.5 Å². The summed E-state index contributed by atoms with van der Waals surface area (Å²) in [7, 11) is 5.07. The normalized spacial score (nSPS) is 13.3. The van der Waals surface area contributed by atoms with Gasteiger partial charge in [0.2, 0.25) is 0 Å². The van der Waals surface area contributed by atoms with E-state index in [1.165, 1.54) is 4.90 Å². The van der Waals surface area contributed by atoms with Crippen LogP contribution in [-0.2, 0) is 6.54 Å². The van der Waals surface area contributed by atoms with Crippen molar-refractivity contribution in [1.29, 1.82) is 0 Å². The van der Waals surface area contributed by atoms with Crippen molar-refractivity contribution in [3.05, 3.63) is 58.7 Å². The third-order valence-electron chi connectivity index (χ3n) is 4.54. The molecule has 0 spiro atoms. The van der Waals surface area contributed by atoms with Crippen molar-refractivity contribution in [1.82, 2.24) is 9.80 Å². The Morgan fingerprint density at radius 2 is 1.50 bits per heavy atom. The molecule has 1 heterocycles. The van der Waals surface area contributed by atoms with Crippen LogP contribution in [0.5, 0.6) is 11.5 Å². The lowest BCUT2D eigenvalue weighted by molar-refractivity contribution is 0.0559. The number of imide groups is 1. The first-order valence-corrected chi connectivity index (χ1v) is 8.31. The summed E-state index contributed by atoms with van der Waals surface area (Å²) in [4.78, 5) is 28.2. The molecule has 0 aromatic heterocycles. The minimum absolute atomic E-state index is 0.222. The minimum atomic E-state index is -0.249. The van der Waals surface area contributed by atoms with Crippen LogP contribution in [0.25, 0.3) is 0 Å². The maximum atomic E-state index is 12.5. The second kappa shape index (κ2) is 7.17. The molecule has 26 heavy (non-hydrogen) atoms. The van der Waals surface area contributed by atoms with E-state index in [0.29, 0.717) is 29.2 Å². The van der Waals surface area contributed by atoms with Crippen LogP contribution in [0, 0.1) is 6.92 Å². The van der Waals surface area contributed by atoms with E-state index >= 15 is 0 Å². The van der Waals surface area contributed by atoms with Gasteiger partial charge in [0.1, 0.15) is 0 Å². The molecular formula is C20H22N2O4. The second-order valence-electron chi connectivity index (χ2n) is 6.37. The second-order valence-corrected chi connectivity index (χ2v) is 6.37. The van der Waals surface area contributed by atoms with E-state index in [2.05, 4.69) is 0 Å². The Balaban J connectivity index is 1.75. The van der Waals surface area contributed by atoms with E-state index in [9.17, 15) is 9.59 Å². The van der Waals surface area contributed by atoms with Gasteiger partial charge in [0.05, 0.1) is 32.0 Å². The van der Waals surface area contributed by atoms with Crippen molar-refractivity contribution in [2.24, 2.45) is 0 Å². The Labute approximate surface area is 152 Å². The lowest BCUT2D eigenvalue weighted by Gasteiger charge is -2.24. The van der Waals surface area contributed by atoms with Crippen LogP contribution >= 0.6 is 0 Å². The number of hydrogen-bond donors (Lipinski definition) is 0. The molecular weight excluding hydrogens is 332 g/mol. The van der Waals surface area contributed by atoms with E-state index in [1.54, 1.807) is 38.5 Å². The van der Waals surface area contributed by atoms with Crippen molar-refractivity contribution in [3.8, 4) is 11.5 Å². The minimum Gasteiger partial charge on any atom is -0.493 e. The Hall–Kier alpha value is -2.86. The highest BCUT2D eigenvalue weighted by Crippen LogP contribution is 2.31. The standard InChI is InChI=1S/C20H22N2O4/c1-13-9-17(25-3)18(26-4)10-14(13)11-21(2)12-22-19(23)15-7-5-6-8-16(15)20(22)24/h5-10H,11-12H2,1-4H3. The SMILES string of the molecule is COc1cc(C)c(CN(C)CN2C(=O)c3ccccc3C2=O)cc1OC. The lowest BCUT2D eigenvalue weighted by atomic mass is 10.1. The molecule has 0 bridgehead atoms. The number of aryl methyl sites for hydroxylation is 1. The van der Waals surface area contributed by atoms with Crippen molar-refractivity contribution in [2.75, 3.05) is 27.9 Å². The highest BCUT2D eigenvalue weighted by Gasteiger charge is 2.35. The van der Waals surface area contributed by atoms with Gasteiger partial charge in [-0.25, -0.2) is 0 Å². The molecule has 0 unspecified atom stereocenters. The molecule has 0 fully saturated rings. The number of fused-ring (bicyclic) bond motifs is 1. The molecule has 3 rings (SSSR count). The predicted molar refractivity (Wildman–Crippen MR) is 97.6 cm³/mol. The zero-order valence-electron chi connectivity index (χ0n) is 15.4. The fourth-order valence-corrected chi connectivity index (χ4v) is 3.14. The molecule has 0 aliphatic carbocycles. The first-order chi connectivity index (χ1) is 12.5. The number of ether oxygens (including phenoxy) is 2. The van der Waals surface area contributed by atoms with Gasteiger partial charge in [0.25, 0.3) is 11.8 Å². The fourth-order valence-electron chi connectivity index (χ4n) is 3.14. The number of nitrogens with zero attached hydrogens (tertiary/aromatic N) is 2. The van der Waals surface area contributed by atoms with Crippen molar-refractivity contribution < 1.29 is 19.1 Å². The summed E-state index contributed by atoms with van der Waals surface area (Å²) >= 11 is 0. The van der Waals surface area contributed by atoms with Crippen LogP contribution in [0.3, 0.4) is 0 Å². The Morgan fingerprint density at radius 1 is 0.962 bits per heavy atom. The molecule has 0 N–H and O–H groups in total. The van der Waals surface area contributed by atoms with Gasteiger partial charge in [-0.05, 0) is 49.4 Å². The maximum absolute atomic E-state index is 12.5. The van der Waals surface area contributed by atoms with Crippen LogP contribution in [0.2, 0.25) is 0 Å². The lowest BCUT2D eigenvalue weighted by Crippen LogP contribution is -2.39. The first kappa shape index (κ1) is 17.9. The highest BCUT2D eigenvalue weighted by molar-refractivity contribution is 6.21. The molecule has 0 atom stereocenters. The van der Waals surface area contributed by atoms with Crippen molar-refractivity contribution in [2.45, 2.75) is 13.5 Å². The number of amides is 2. The summed E-state index contributed by atoms with van der Waals surface area (Å²) in [6.07, 6.45) is 0. The van der Waals surface area contributed by atoms with Crippen LogP contribution in [0.15, 0.2) is 36.4 Å². The zero-order chi connectivity index (χ0) is 18.8. The number of benzene rings is 2. The van der Waals surface area contributed by atoms with E-state index in [-0.39, 0.29) is 18.5 Å². The molecule has 1 aliphatic rings. The number of carbonyl (C=O) groups is 2. The zero-order valence-corrected chi connectivity index (χ0v) is 15.4. The van der Waals surface area contributed by atoms with Gasteiger partial charge < -0.3 is 9.47 Å². The van der Waals surface area contributed by atoms with E-state index in [0.717, 1.165) is 11.1 Å². The molecule has 6 heteroatoms. The summed E-state index contributed by atoms with van der Waals surface area (Å²) in [5.41, 5.74) is 3.03. The third kappa shape index (κ3) is 3.15. The summed E-state index contributed by atoms with van der Waals surface area (Å²) in [6, 6.07) is 10.8. The summed E-state index contributed by atoms with van der Waals surface area (Å²) < 4.78 is 10.7. The number of carbonyl (C=O) groups excluding carboxylic acids is 2. The average molecular weight is 354 g/mol. The molecule has 2 amide bonds. The monoisotopic (exact) mass is 354 g/mol. The molecule has 136 valence electrons. The van der Waals surface area contributed by atoms with E-state index in [1.807, 2.05) is 31.0 Å². The summed E-state index contributed by atoms with van der Waals surface area (Å²) in [5.74, 6) is 0.835. The predicted octanol–water partition coefficient (Wildman–Crippen LogP) is 2.70. The largest absolute Gasteiger partial charge is 0.493 e. The molecule has 1 aliphatic heterocycles. The molecule has 0 radical (unpaired) electrons. The number of methoxy groups -OCH3 is 2. The van der Waals surface area contributed by atoms with Gasteiger partial charge in [-0.2, -0.15) is 0 Å². The molecule has 2 aromatic carbocycles. The van der Waals surface area contributed by atoms with E-state index in [4.69, 9.17) is 9.47 Å². The fraction of sp³-hybridized carbons (Fsp3) is 0.300. The Morgan fingerprint density at radius 3 is 2.04 bits per heavy atom. The van der Waals surface area contributed by atoms with Crippen LogP contribution in [0.1, 0.15) is 31.8 Å². The number of hydrogen-bond acceptors (Lipinski definition) is 5. The van der Waals surface area contributed by atoms with Crippen LogP contribution < -0.4 is 9.47 Å². The topological polar surface area (TPSA) is 59.1 Å². The van der Waals surface area contributed by atoms with Crippen LogP contribution in [0.4, 0.5) is 0 Å². The first-order valence-electron chi connectivity index (χ1n) is 8.31.